The van der Waals surface area contributed by atoms with Crippen molar-refractivity contribution in [2.75, 3.05) is 18.1 Å². The number of nitrogen functional groups attached to an aromatic ring is 1. The normalized spacial score (nSPS) is 21.2. The number of nitrogens with zero attached hydrogens (tertiary/aromatic N) is 4. The van der Waals surface area contributed by atoms with Crippen molar-refractivity contribution in [1.29, 1.82) is 0 Å². The van der Waals surface area contributed by atoms with Crippen LogP contribution in [0.15, 0.2) is 59.0 Å². The number of hydrogen-bond acceptors (Lipinski definition) is 10. The van der Waals surface area contributed by atoms with Crippen LogP contribution >= 0.6 is 23.1 Å². The molecule has 3 aliphatic rings. The molecule has 4 heterocycles. The number of thioether (sulfide) groups is 1. The number of oxime groups is 1. The maximum Gasteiger partial charge on any atom is 0.276 e. The second kappa shape index (κ2) is 10.3. The molecule has 5 rings (SSSR count). The lowest BCUT2D eigenvalue weighted by atomic mass is 10.0. The number of fused-ring (bicyclic) bond motifs is 1. The van der Waals surface area contributed by atoms with Crippen LogP contribution < -0.4 is 20.7 Å². The van der Waals surface area contributed by atoms with Gasteiger partial charge in [0.05, 0.1) is 11.7 Å². The number of carboxylic acid groups (broad SMARTS) is 1. The number of nitrogens with one attached hydrogen (secondary N) is 1. The first-order valence-electron chi connectivity index (χ1n) is 11.6. The van der Waals surface area contributed by atoms with Crippen LogP contribution in [0.5, 0.6) is 0 Å². The van der Waals surface area contributed by atoms with Gasteiger partial charge >= 0.3 is 0 Å². The van der Waals surface area contributed by atoms with E-state index >= 15 is 0 Å². The predicted molar refractivity (Wildman–Crippen MR) is 135 cm³/mol. The molecule has 1 aliphatic carbocycles. The van der Waals surface area contributed by atoms with Gasteiger partial charge in [0, 0.05) is 28.8 Å². The third-order valence-electron chi connectivity index (χ3n) is 6.19. The number of β-lactam (4-membered cyclic amide) rings is 1. The van der Waals surface area contributed by atoms with E-state index in [1.54, 1.807) is 5.38 Å². The van der Waals surface area contributed by atoms with Crippen LogP contribution in [0.1, 0.15) is 30.0 Å². The molecular weight excluding hydrogens is 516 g/mol. The van der Waals surface area contributed by atoms with Crippen molar-refractivity contribution in [3.8, 4) is 0 Å². The van der Waals surface area contributed by atoms with E-state index in [1.807, 2.05) is 29.1 Å². The van der Waals surface area contributed by atoms with Gasteiger partial charge in [0.1, 0.15) is 23.7 Å². The summed E-state index contributed by atoms with van der Waals surface area (Å²) >= 11 is 2.50. The molecule has 1 unspecified atom stereocenters. The Morgan fingerprint density at radius 3 is 2.76 bits per heavy atom. The summed E-state index contributed by atoms with van der Waals surface area (Å²) in [6.07, 6.45) is 7.71. The highest BCUT2D eigenvalue weighted by Gasteiger charge is 2.53. The Hall–Kier alpha value is -3.71. The number of pyridine rings is 1. The second-order valence-electron chi connectivity index (χ2n) is 8.77. The lowest BCUT2D eigenvalue weighted by Crippen LogP contribution is -2.71. The number of carbonyl (C=O) groups is 3. The summed E-state index contributed by atoms with van der Waals surface area (Å²) in [6.45, 7) is 3.91. The van der Waals surface area contributed by atoms with Gasteiger partial charge in [0.25, 0.3) is 11.8 Å². The predicted octanol–water partition coefficient (Wildman–Crippen LogP) is -0.0990. The lowest BCUT2D eigenvalue weighted by molar-refractivity contribution is -0.689. The standard InChI is InChI=1S/C24H24N6O5S2/c1-2-9-35-28-17(16-12-37-24(25)26-16)20(31)27-18-21(32)30-19(23(33)34)15(11-36-22(18)30)10-29-7-5-14(6-8-29)13-3-4-13/h2,5-8,12-13,18,22H,1,3-4,9-11H2,(H3-,25,26,27,31,33,34)/t18?,22-/m0/s1. The molecule has 11 nitrogen and oxygen atoms in total. The summed E-state index contributed by atoms with van der Waals surface area (Å²) in [4.78, 5) is 48.5. The molecule has 1 saturated heterocycles. The van der Waals surface area contributed by atoms with Gasteiger partial charge < -0.3 is 25.8 Å². The molecule has 1 saturated carbocycles. The maximum absolute atomic E-state index is 13.0. The van der Waals surface area contributed by atoms with Gasteiger partial charge in [-0.25, -0.2) is 9.55 Å². The summed E-state index contributed by atoms with van der Waals surface area (Å²) in [7, 11) is 0. The topological polar surface area (TPSA) is 154 Å². The van der Waals surface area contributed by atoms with E-state index in [2.05, 4.69) is 22.0 Å². The van der Waals surface area contributed by atoms with Crippen LogP contribution in [0, 0.1) is 0 Å². The van der Waals surface area contributed by atoms with E-state index in [9.17, 15) is 19.5 Å². The maximum atomic E-state index is 13.0. The summed E-state index contributed by atoms with van der Waals surface area (Å²) < 4.78 is 1.89. The number of rotatable bonds is 10. The Labute approximate surface area is 220 Å². The van der Waals surface area contributed by atoms with Crippen molar-refractivity contribution >= 4 is 51.7 Å². The van der Waals surface area contributed by atoms with Gasteiger partial charge in [-0.2, -0.15) is 0 Å². The first kappa shape index (κ1) is 25.0. The lowest BCUT2D eigenvalue weighted by Gasteiger charge is -2.50. The zero-order valence-electron chi connectivity index (χ0n) is 19.7. The number of anilines is 1. The highest BCUT2D eigenvalue weighted by molar-refractivity contribution is 8.00. The van der Waals surface area contributed by atoms with E-state index in [0.29, 0.717) is 23.8 Å². The van der Waals surface area contributed by atoms with Crippen molar-refractivity contribution in [2.24, 2.45) is 5.16 Å². The van der Waals surface area contributed by atoms with Crippen molar-refractivity contribution < 1.29 is 28.9 Å². The molecule has 2 aromatic heterocycles. The summed E-state index contributed by atoms with van der Waals surface area (Å²) in [5.41, 5.74) is 7.44. The van der Waals surface area contributed by atoms with Gasteiger partial charge in [-0.05, 0) is 24.3 Å². The van der Waals surface area contributed by atoms with Crippen LogP contribution in [0.3, 0.4) is 0 Å². The zero-order valence-corrected chi connectivity index (χ0v) is 21.3. The number of aromatic nitrogens is 2. The minimum Gasteiger partial charge on any atom is -0.543 e. The highest BCUT2D eigenvalue weighted by Crippen LogP contribution is 2.41. The number of carboxylic acids is 1. The van der Waals surface area contributed by atoms with Crippen molar-refractivity contribution in [3.63, 3.8) is 0 Å². The van der Waals surface area contributed by atoms with Crippen LogP contribution in [0.2, 0.25) is 0 Å². The van der Waals surface area contributed by atoms with Crippen LogP contribution in [0.25, 0.3) is 0 Å². The molecule has 2 aromatic rings. The fraction of sp³-hybridized carbons (Fsp3) is 0.333. The van der Waals surface area contributed by atoms with Gasteiger partial charge in [0.15, 0.2) is 29.8 Å². The molecule has 2 amide bonds. The first-order valence-corrected chi connectivity index (χ1v) is 13.5. The third kappa shape index (κ3) is 5.09. The highest BCUT2D eigenvalue weighted by atomic mass is 32.2. The third-order valence-corrected chi connectivity index (χ3v) is 8.21. The molecular formula is C24H24N6O5S2. The SMILES string of the molecule is C=CCON=C(C(=O)NC1C(=O)N2C(C(=O)[O-])=C(C[n+]3ccc(C4CC4)cc3)CS[C@@H]12)c1csc(N)n1. The molecule has 0 radical (unpaired) electrons. The average molecular weight is 541 g/mol. The van der Waals surface area contributed by atoms with Gasteiger partial charge in [0.2, 0.25) is 0 Å². The van der Waals surface area contributed by atoms with Crippen LogP contribution in [0.4, 0.5) is 5.13 Å². The number of hydrogen-bond donors (Lipinski definition) is 2. The summed E-state index contributed by atoms with van der Waals surface area (Å²) in [5, 5.41) is 19.8. The van der Waals surface area contributed by atoms with Gasteiger partial charge in [-0.15, -0.1) is 23.1 Å². The molecule has 37 heavy (non-hydrogen) atoms. The Morgan fingerprint density at radius 2 is 2.14 bits per heavy atom. The molecule has 0 bridgehead atoms. The fourth-order valence-electron chi connectivity index (χ4n) is 4.24. The van der Waals surface area contributed by atoms with E-state index in [1.165, 1.54) is 41.1 Å². The number of carbonyl (C=O) groups excluding carboxylic acids is 3. The second-order valence-corrected chi connectivity index (χ2v) is 10.8. The molecule has 3 N–H and O–H groups in total. The first-order chi connectivity index (χ1) is 17.9. The van der Waals surface area contributed by atoms with E-state index in [-0.39, 0.29) is 28.8 Å². The monoisotopic (exact) mass is 540 g/mol. The molecule has 192 valence electrons. The Bertz CT molecular complexity index is 1320. The molecule has 0 aromatic carbocycles. The van der Waals surface area contributed by atoms with Gasteiger partial charge in [-0.1, -0.05) is 17.8 Å². The molecule has 2 atom stereocenters. The van der Waals surface area contributed by atoms with E-state index < -0.39 is 29.2 Å². The number of amides is 2. The number of thiazole rings is 1. The minimum atomic E-state index is -1.42. The molecule has 2 aliphatic heterocycles. The Balaban J connectivity index is 1.31. The van der Waals surface area contributed by atoms with E-state index in [0.717, 1.165) is 11.3 Å². The van der Waals surface area contributed by atoms with Gasteiger partial charge in [-0.3, -0.25) is 14.5 Å². The number of aliphatic carboxylic acids is 1. The average Bonchev–Trinajstić information content (AvgIpc) is 3.65. The number of nitrogens with two attached hydrogens (primary N) is 1. The van der Waals surface area contributed by atoms with Crippen molar-refractivity contribution in [3.05, 3.63) is 65.1 Å². The van der Waals surface area contributed by atoms with Crippen molar-refractivity contribution in [1.82, 2.24) is 15.2 Å². The van der Waals surface area contributed by atoms with E-state index in [4.69, 9.17) is 10.6 Å². The van der Waals surface area contributed by atoms with Crippen molar-refractivity contribution in [2.45, 2.75) is 36.7 Å². The molecule has 2 fully saturated rings. The van der Waals surface area contributed by atoms with Crippen LogP contribution in [-0.2, 0) is 25.8 Å². The summed E-state index contributed by atoms with van der Waals surface area (Å²) in [5.74, 6) is -1.67. The largest absolute Gasteiger partial charge is 0.543 e. The van der Waals surface area contributed by atoms with Crippen LogP contribution in [-0.4, -0.2) is 57.2 Å². The Kier molecular flexibility index (Phi) is 6.98. The quantitative estimate of drug-likeness (QED) is 0.106. The fourth-order valence-corrected chi connectivity index (χ4v) is 6.12. The summed E-state index contributed by atoms with van der Waals surface area (Å²) in [6, 6.07) is 3.15. The molecule has 0 spiro atoms. The smallest absolute Gasteiger partial charge is 0.276 e. The zero-order chi connectivity index (χ0) is 26.1. The Morgan fingerprint density at radius 1 is 1.38 bits per heavy atom. The minimum absolute atomic E-state index is 0.0644. The molecule has 13 heteroatoms.